The number of thioether (sulfide) groups is 1. The van der Waals surface area contributed by atoms with E-state index in [4.69, 9.17) is 17.0 Å². The number of anilines is 1. The second-order valence-electron chi connectivity index (χ2n) is 7.96. The van der Waals surface area contributed by atoms with E-state index in [0.29, 0.717) is 40.0 Å². The molecule has 1 fully saturated rings. The average Bonchev–Trinajstić information content (AvgIpc) is 3.08. The maximum Gasteiger partial charge on any atom is 0.338 e. The van der Waals surface area contributed by atoms with Crippen molar-refractivity contribution in [1.29, 1.82) is 0 Å². The van der Waals surface area contributed by atoms with Gasteiger partial charge in [0.05, 0.1) is 17.1 Å². The quantitative estimate of drug-likeness (QED) is 0.201. The Bertz CT molecular complexity index is 1080. The molecule has 1 aliphatic heterocycles. The van der Waals surface area contributed by atoms with Gasteiger partial charge in [0.25, 0.3) is 5.91 Å². The molecule has 0 aromatic heterocycles. The molecule has 0 aliphatic carbocycles. The summed E-state index contributed by atoms with van der Waals surface area (Å²) in [6, 6.07) is 14.5. The molecule has 2 amide bonds. The first kappa shape index (κ1) is 25.6. The number of rotatable bonds is 10. The average molecular weight is 497 g/mol. The van der Waals surface area contributed by atoms with Crippen molar-refractivity contribution in [2.75, 3.05) is 18.5 Å². The fourth-order valence-electron chi connectivity index (χ4n) is 3.21. The van der Waals surface area contributed by atoms with E-state index >= 15 is 0 Å². The molecule has 1 heterocycles. The first-order chi connectivity index (χ1) is 16.4. The monoisotopic (exact) mass is 496 g/mol. The van der Waals surface area contributed by atoms with Crippen LogP contribution in [0.4, 0.5) is 5.69 Å². The minimum absolute atomic E-state index is 0.127. The zero-order chi connectivity index (χ0) is 24.5. The van der Waals surface area contributed by atoms with Crippen molar-refractivity contribution in [2.45, 2.75) is 39.5 Å². The van der Waals surface area contributed by atoms with Gasteiger partial charge in [-0.1, -0.05) is 67.2 Å². The number of hydrogen-bond acceptors (Lipinski definition) is 6. The van der Waals surface area contributed by atoms with Crippen molar-refractivity contribution < 1.29 is 19.1 Å². The van der Waals surface area contributed by atoms with Crippen LogP contribution in [0.25, 0.3) is 6.08 Å². The standard InChI is InChI=1S/C26H28N2O4S2/c1-3-4-16-32-25(31)20-11-13-21(14-12-20)27-23(29)6-5-15-28-24(30)22(34-26(28)33)17-19-9-7-18(2)8-10-19/h7-14,17H,3-6,15-16H2,1-2H3,(H,27,29)/b22-17+. The third kappa shape index (κ3) is 7.27. The van der Waals surface area contributed by atoms with Crippen molar-refractivity contribution in [3.63, 3.8) is 0 Å². The lowest BCUT2D eigenvalue weighted by Gasteiger charge is -2.14. The number of nitrogens with zero attached hydrogens (tertiary/aromatic N) is 1. The highest BCUT2D eigenvalue weighted by Gasteiger charge is 2.31. The summed E-state index contributed by atoms with van der Waals surface area (Å²) in [5, 5.41) is 2.81. The molecule has 0 spiro atoms. The van der Waals surface area contributed by atoms with Gasteiger partial charge in [0.1, 0.15) is 4.32 Å². The van der Waals surface area contributed by atoms with Crippen LogP contribution in [0.2, 0.25) is 0 Å². The SMILES string of the molecule is CCCCOC(=O)c1ccc(NC(=O)CCCN2C(=O)/C(=C\c3ccc(C)cc3)SC2=S)cc1. The molecular weight excluding hydrogens is 468 g/mol. The fourth-order valence-corrected chi connectivity index (χ4v) is 4.52. The molecule has 1 saturated heterocycles. The van der Waals surface area contributed by atoms with Gasteiger partial charge in [0, 0.05) is 18.7 Å². The number of carbonyl (C=O) groups is 3. The van der Waals surface area contributed by atoms with E-state index in [0.717, 1.165) is 24.0 Å². The molecule has 2 aromatic carbocycles. The smallest absolute Gasteiger partial charge is 0.338 e. The van der Waals surface area contributed by atoms with Gasteiger partial charge in [-0.25, -0.2) is 4.79 Å². The summed E-state index contributed by atoms with van der Waals surface area (Å²) >= 11 is 6.65. The summed E-state index contributed by atoms with van der Waals surface area (Å²) < 4.78 is 5.68. The van der Waals surface area contributed by atoms with Gasteiger partial charge in [-0.15, -0.1) is 0 Å². The zero-order valence-corrected chi connectivity index (χ0v) is 21.0. The summed E-state index contributed by atoms with van der Waals surface area (Å²) in [6.07, 6.45) is 4.36. The van der Waals surface area contributed by atoms with Crippen LogP contribution >= 0.6 is 24.0 Å². The predicted molar refractivity (Wildman–Crippen MR) is 141 cm³/mol. The van der Waals surface area contributed by atoms with Gasteiger partial charge >= 0.3 is 5.97 Å². The number of unbranched alkanes of at least 4 members (excludes halogenated alkanes) is 1. The van der Waals surface area contributed by atoms with Crippen LogP contribution in [0.1, 0.15) is 54.1 Å². The Morgan fingerprint density at radius 3 is 2.47 bits per heavy atom. The van der Waals surface area contributed by atoms with Crippen molar-refractivity contribution in [3.05, 3.63) is 70.1 Å². The van der Waals surface area contributed by atoms with Gasteiger partial charge < -0.3 is 10.1 Å². The molecule has 0 atom stereocenters. The fraction of sp³-hybridized carbons (Fsp3) is 0.308. The molecule has 0 saturated carbocycles. The molecule has 3 rings (SSSR count). The lowest BCUT2D eigenvalue weighted by atomic mass is 10.1. The zero-order valence-electron chi connectivity index (χ0n) is 19.3. The minimum Gasteiger partial charge on any atom is -0.462 e. The topological polar surface area (TPSA) is 75.7 Å². The second-order valence-corrected chi connectivity index (χ2v) is 9.64. The van der Waals surface area contributed by atoms with E-state index in [9.17, 15) is 14.4 Å². The van der Waals surface area contributed by atoms with Gasteiger partial charge in [-0.3, -0.25) is 14.5 Å². The number of ether oxygens (including phenoxy) is 1. The molecule has 0 radical (unpaired) electrons. The number of hydrogen-bond donors (Lipinski definition) is 1. The summed E-state index contributed by atoms with van der Waals surface area (Å²) in [5.74, 6) is -0.664. The Morgan fingerprint density at radius 1 is 1.09 bits per heavy atom. The maximum absolute atomic E-state index is 12.7. The van der Waals surface area contributed by atoms with Crippen molar-refractivity contribution in [2.24, 2.45) is 0 Å². The van der Waals surface area contributed by atoms with E-state index in [2.05, 4.69) is 5.32 Å². The van der Waals surface area contributed by atoms with E-state index in [1.54, 1.807) is 29.2 Å². The van der Waals surface area contributed by atoms with Crippen LogP contribution < -0.4 is 5.32 Å². The van der Waals surface area contributed by atoms with Crippen LogP contribution in [-0.2, 0) is 14.3 Å². The van der Waals surface area contributed by atoms with Gasteiger partial charge in [0.2, 0.25) is 5.91 Å². The number of benzene rings is 2. The summed E-state index contributed by atoms with van der Waals surface area (Å²) in [7, 11) is 0. The van der Waals surface area contributed by atoms with Crippen molar-refractivity contribution in [3.8, 4) is 0 Å². The number of aryl methyl sites for hydroxylation is 1. The lowest BCUT2D eigenvalue weighted by molar-refractivity contribution is -0.122. The van der Waals surface area contributed by atoms with Crippen LogP contribution in [0.3, 0.4) is 0 Å². The molecule has 1 N–H and O–H groups in total. The largest absolute Gasteiger partial charge is 0.462 e. The van der Waals surface area contributed by atoms with Crippen molar-refractivity contribution >= 4 is 57.8 Å². The first-order valence-corrected chi connectivity index (χ1v) is 12.5. The summed E-state index contributed by atoms with van der Waals surface area (Å²) in [5.41, 5.74) is 3.15. The third-order valence-corrected chi connectivity index (χ3v) is 6.55. The molecule has 0 bridgehead atoms. The molecular formula is C26H28N2O4S2. The second kappa shape index (κ2) is 12.5. The third-order valence-electron chi connectivity index (χ3n) is 5.17. The van der Waals surface area contributed by atoms with E-state index < -0.39 is 0 Å². The van der Waals surface area contributed by atoms with E-state index in [1.165, 1.54) is 11.8 Å². The molecule has 6 nitrogen and oxygen atoms in total. The van der Waals surface area contributed by atoms with Gasteiger partial charge in [0.15, 0.2) is 0 Å². The van der Waals surface area contributed by atoms with E-state index in [1.807, 2.05) is 44.2 Å². The Balaban J connectivity index is 1.45. The minimum atomic E-state index is -0.369. The number of amides is 2. The highest BCUT2D eigenvalue weighted by Crippen LogP contribution is 2.32. The first-order valence-electron chi connectivity index (χ1n) is 11.3. The molecule has 8 heteroatoms. The van der Waals surface area contributed by atoms with Gasteiger partial charge in [-0.2, -0.15) is 0 Å². The molecule has 34 heavy (non-hydrogen) atoms. The van der Waals surface area contributed by atoms with E-state index in [-0.39, 0.29) is 24.2 Å². The number of nitrogens with one attached hydrogen (secondary N) is 1. The number of carbonyl (C=O) groups excluding carboxylic acids is 3. The highest BCUT2D eigenvalue weighted by molar-refractivity contribution is 8.26. The van der Waals surface area contributed by atoms with Crippen LogP contribution in [0, 0.1) is 6.92 Å². The van der Waals surface area contributed by atoms with Crippen molar-refractivity contribution in [1.82, 2.24) is 4.90 Å². The van der Waals surface area contributed by atoms with Crippen LogP contribution in [0.5, 0.6) is 0 Å². The summed E-state index contributed by atoms with van der Waals surface area (Å²) in [4.78, 5) is 39.1. The Hall–Kier alpha value is -2.97. The molecule has 178 valence electrons. The molecule has 0 unspecified atom stereocenters. The maximum atomic E-state index is 12.7. The predicted octanol–water partition coefficient (Wildman–Crippen LogP) is 5.57. The van der Waals surface area contributed by atoms with Crippen LogP contribution in [-0.4, -0.2) is 40.2 Å². The highest BCUT2D eigenvalue weighted by atomic mass is 32.2. The lowest BCUT2D eigenvalue weighted by Crippen LogP contribution is -2.29. The van der Waals surface area contributed by atoms with Gasteiger partial charge in [-0.05, 0) is 55.7 Å². The Morgan fingerprint density at radius 2 is 1.79 bits per heavy atom. The number of esters is 1. The molecule has 2 aromatic rings. The normalized spacial score (nSPS) is 14.5. The summed E-state index contributed by atoms with van der Waals surface area (Å²) in [6.45, 7) is 4.83. The number of thiocarbonyl (C=S) groups is 1. The Labute approximate surface area is 209 Å². The molecule has 1 aliphatic rings. The van der Waals surface area contributed by atoms with Crippen LogP contribution in [0.15, 0.2) is 53.4 Å². The Kier molecular flexibility index (Phi) is 9.42.